The number of nitrogens with one attached hydrogen (secondary N) is 2. The number of hydrogen-bond acceptors (Lipinski definition) is 3. The summed E-state index contributed by atoms with van der Waals surface area (Å²) in [6.07, 6.45) is 2.23. The first-order chi connectivity index (χ1) is 8.81. The summed E-state index contributed by atoms with van der Waals surface area (Å²) < 4.78 is 0. The zero-order valence-corrected chi connectivity index (χ0v) is 12.6. The number of rotatable bonds is 4. The van der Waals surface area contributed by atoms with E-state index in [4.69, 9.17) is 0 Å². The summed E-state index contributed by atoms with van der Waals surface area (Å²) in [5.41, 5.74) is -0.0386. The lowest BCUT2D eigenvalue weighted by molar-refractivity contribution is -0.131. The number of nitrogens with zero attached hydrogens (tertiary/aromatic N) is 1. The van der Waals surface area contributed by atoms with Gasteiger partial charge in [-0.05, 0) is 33.6 Å². The van der Waals surface area contributed by atoms with Gasteiger partial charge in [-0.2, -0.15) is 0 Å². The van der Waals surface area contributed by atoms with Crippen LogP contribution in [0.2, 0.25) is 0 Å². The molecule has 1 heterocycles. The number of hydrogen-bond donors (Lipinski definition) is 2. The fraction of sp³-hybridized carbons (Fsp3) is 0.857. The summed E-state index contributed by atoms with van der Waals surface area (Å²) in [6, 6.07) is 0.229. The molecule has 0 unspecified atom stereocenters. The van der Waals surface area contributed by atoms with Gasteiger partial charge in [-0.15, -0.1) is 0 Å². The number of piperidine rings is 1. The van der Waals surface area contributed by atoms with Crippen molar-refractivity contribution in [1.82, 2.24) is 15.5 Å². The van der Waals surface area contributed by atoms with Gasteiger partial charge in [0, 0.05) is 31.1 Å². The smallest absolute Gasteiger partial charge is 0.236 e. The van der Waals surface area contributed by atoms with E-state index in [1.165, 1.54) is 0 Å². The maximum absolute atomic E-state index is 12.0. The van der Waals surface area contributed by atoms with E-state index < -0.39 is 0 Å². The van der Waals surface area contributed by atoms with Gasteiger partial charge in [0.2, 0.25) is 11.8 Å². The highest BCUT2D eigenvalue weighted by Crippen LogP contribution is 2.11. The summed E-state index contributed by atoms with van der Waals surface area (Å²) in [5.74, 6) is 0.245. The van der Waals surface area contributed by atoms with Crippen molar-refractivity contribution in [3.63, 3.8) is 0 Å². The molecule has 0 atom stereocenters. The maximum atomic E-state index is 12.0. The number of carbonyl (C=O) groups is 2. The third-order valence-corrected chi connectivity index (χ3v) is 3.30. The largest absolute Gasteiger partial charge is 0.353 e. The van der Waals surface area contributed by atoms with Crippen molar-refractivity contribution in [2.45, 2.75) is 58.5 Å². The lowest BCUT2D eigenvalue weighted by Crippen LogP contribution is -2.50. The quantitative estimate of drug-likeness (QED) is 0.797. The van der Waals surface area contributed by atoms with E-state index in [1.807, 2.05) is 32.6 Å². The molecule has 110 valence electrons. The van der Waals surface area contributed by atoms with Crippen LogP contribution in [-0.4, -0.2) is 47.9 Å². The molecule has 0 bridgehead atoms. The molecule has 0 saturated carbocycles. The standard InChI is InChI=1S/C14H27N3O2/c1-5-12(18)16-11-6-8-17(9-7-11)13(19)10-15-14(2,3)4/h11,15H,5-10H2,1-4H3,(H,16,18). The van der Waals surface area contributed by atoms with Crippen LogP contribution in [0.1, 0.15) is 47.0 Å². The zero-order valence-electron chi connectivity index (χ0n) is 12.6. The third kappa shape index (κ3) is 6.05. The number of likely N-dealkylation sites (tertiary alicyclic amines) is 1. The molecule has 5 nitrogen and oxygen atoms in total. The predicted octanol–water partition coefficient (Wildman–Crippen LogP) is 0.892. The van der Waals surface area contributed by atoms with Crippen LogP contribution in [-0.2, 0) is 9.59 Å². The van der Waals surface area contributed by atoms with Crippen molar-refractivity contribution in [2.75, 3.05) is 19.6 Å². The highest BCUT2D eigenvalue weighted by molar-refractivity contribution is 5.78. The molecule has 2 amide bonds. The van der Waals surface area contributed by atoms with Crippen LogP contribution in [0.15, 0.2) is 0 Å². The maximum Gasteiger partial charge on any atom is 0.236 e. The van der Waals surface area contributed by atoms with Gasteiger partial charge in [0.05, 0.1) is 6.54 Å². The molecule has 1 aliphatic heterocycles. The SMILES string of the molecule is CCC(=O)NC1CCN(C(=O)CNC(C)(C)C)CC1. The van der Waals surface area contributed by atoms with E-state index in [0.717, 1.165) is 25.9 Å². The van der Waals surface area contributed by atoms with Crippen LogP contribution in [0, 0.1) is 0 Å². The van der Waals surface area contributed by atoms with Crippen LogP contribution in [0.25, 0.3) is 0 Å². The molecule has 2 N–H and O–H groups in total. The van der Waals surface area contributed by atoms with Gasteiger partial charge in [0.25, 0.3) is 0 Å². The molecule has 19 heavy (non-hydrogen) atoms. The fourth-order valence-electron chi connectivity index (χ4n) is 2.06. The van der Waals surface area contributed by atoms with Crippen LogP contribution < -0.4 is 10.6 Å². The van der Waals surface area contributed by atoms with Gasteiger partial charge in [0.15, 0.2) is 0 Å². The Kier molecular flexibility index (Phi) is 5.79. The Balaban J connectivity index is 2.29. The third-order valence-electron chi connectivity index (χ3n) is 3.30. The molecular weight excluding hydrogens is 242 g/mol. The molecule has 0 spiro atoms. The van der Waals surface area contributed by atoms with Gasteiger partial charge in [0.1, 0.15) is 0 Å². The Morgan fingerprint density at radius 1 is 1.21 bits per heavy atom. The van der Waals surface area contributed by atoms with Crippen molar-refractivity contribution >= 4 is 11.8 Å². The van der Waals surface area contributed by atoms with E-state index in [0.29, 0.717) is 13.0 Å². The minimum Gasteiger partial charge on any atom is -0.353 e. The predicted molar refractivity (Wildman–Crippen MR) is 75.8 cm³/mol. The first-order valence-electron chi connectivity index (χ1n) is 7.14. The molecule has 0 aromatic rings. The summed E-state index contributed by atoms with van der Waals surface area (Å²) in [5, 5.41) is 6.20. The fourth-order valence-corrected chi connectivity index (χ4v) is 2.06. The van der Waals surface area contributed by atoms with E-state index in [9.17, 15) is 9.59 Å². The first kappa shape index (κ1) is 16.0. The van der Waals surface area contributed by atoms with Gasteiger partial charge in [-0.25, -0.2) is 0 Å². The van der Waals surface area contributed by atoms with Gasteiger partial charge < -0.3 is 15.5 Å². The highest BCUT2D eigenvalue weighted by Gasteiger charge is 2.24. The minimum atomic E-state index is -0.0386. The van der Waals surface area contributed by atoms with E-state index in [-0.39, 0.29) is 23.4 Å². The topological polar surface area (TPSA) is 61.4 Å². The number of amides is 2. The Morgan fingerprint density at radius 3 is 2.26 bits per heavy atom. The van der Waals surface area contributed by atoms with Crippen molar-refractivity contribution in [2.24, 2.45) is 0 Å². The van der Waals surface area contributed by atoms with E-state index >= 15 is 0 Å². The Labute approximate surface area is 116 Å². The zero-order chi connectivity index (χ0) is 14.5. The monoisotopic (exact) mass is 269 g/mol. The summed E-state index contributed by atoms with van der Waals surface area (Å²) in [7, 11) is 0. The molecule has 0 radical (unpaired) electrons. The van der Waals surface area contributed by atoms with Crippen molar-refractivity contribution in [1.29, 1.82) is 0 Å². The second kappa shape index (κ2) is 6.89. The Morgan fingerprint density at radius 2 is 1.79 bits per heavy atom. The number of carbonyl (C=O) groups excluding carboxylic acids is 2. The van der Waals surface area contributed by atoms with Gasteiger partial charge >= 0.3 is 0 Å². The second-order valence-corrected chi connectivity index (χ2v) is 6.18. The first-order valence-corrected chi connectivity index (χ1v) is 7.14. The molecular formula is C14H27N3O2. The van der Waals surface area contributed by atoms with E-state index in [2.05, 4.69) is 10.6 Å². The summed E-state index contributed by atoms with van der Waals surface area (Å²) in [6.45, 7) is 9.85. The van der Waals surface area contributed by atoms with Gasteiger partial charge in [-0.3, -0.25) is 9.59 Å². The lowest BCUT2D eigenvalue weighted by Gasteiger charge is -2.33. The van der Waals surface area contributed by atoms with Crippen LogP contribution in [0.4, 0.5) is 0 Å². The summed E-state index contributed by atoms with van der Waals surface area (Å²) >= 11 is 0. The van der Waals surface area contributed by atoms with Crippen LogP contribution in [0.3, 0.4) is 0 Å². The molecule has 1 aliphatic rings. The van der Waals surface area contributed by atoms with Crippen molar-refractivity contribution in [3.05, 3.63) is 0 Å². The van der Waals surface area contributed by atoms with Crippen LogP contribution in [0.5, 0.6) is 0 Å². The molecule has 0 aromatic carbocycles. The molecule has 1 saturated heterocycles. The summed E-state index contributed by atoms with van der Waals surface area (Å²) in [4.78, 5) is 25.2. The molecule has 0 aromatic heterocycles. The molecule has 0 aliphatic carbocycles. The molecule has 1 rings (SSSR count). The Bertz CT molecular complexity index is 315. The molecule has 5 heteroatoms. The van der Waals surface area contributed by atoms with Gasteiger partial charge in [-0.1, -0.05) is 6.92 Å². The highest BCUT2D eigenvalue weighted by atomic mass is 16.2. The average Bonchev–Trinajstić information content (AvgIpc) is 2.36. The minimum absolute atomic E-state index is 0.0386. The lowest BCUT2D eigenvalue weighted by atomic mass is 10.0. The second-order valence-electron chi connectivity index (χ2n) is 6.18. The molecule has 1 fully saturated rings. The Hall–Kier alpha value is -1.10. The van der Waals surface area contributed by atoms with Crippen molar-refractivity contribution in [3.8, 4) is 0 Å². The van der Waals surface area contributed by atoms with E-state index in [1.54, 1.807) is 0 Å². The van der Waals surface area contributed by atoms with Crippen LogP contribution >= 0.6 is 0 Å². The average molecular weight is 269 g/mol. The normalized spacial score (nSPS) is 17.4. The van der Waals surface area contributed by atoms with Crippen molar-refractivity contribution < 1.29 is 9.59 Å².